The Bertz CT molecular complexity index is 317. The molecule has 7 heteroatoms. The zero-order chi connectivity index (χ0) is 12.3. The van der Waals surface area contributed by atoms with Crippen molar-refractivity contribution in [2.24, 2.45) is 5.92 Å². The number of rotatable bonds is 3. The van der Waals surface area contributed by atoms with Crippen LogP contribution in [0, 0.1) is 5.92 Å². The first kappa shape index (κ1) is 12.3. The Balaban J connectivity index is 2.68. The Morgan fingerprint density at radius 1 is 1.38 bits per heavy atom. The topological polar surface area (TPSA) is 107 Å². The molecule has 0 saturated carbocycles. The molecular weight excluding hydrogens is 216 g/mol. The first-order valence-corrected chi connectivity index (χ1v) is 4.90. The minimum atomic E-state index is -1.24. The molecule has 0 radical (unpaired) electrons. The van der Waals surface area contributed by atoms with E-state index in [1.807, 2.05) is 0 Å². The number of amides is 2. The summed E-state index contributed by atoms with van der Waals surface area (Å²) < 4.78 is 0. The second-order valence-electron chi connectivity index (χ2n) is 3.74. The number of hydrogen-bond donors (Lipinski definition) is 3. The van der Waals surface area contributed by atoms with E-state index in [9.17, 15) is 14.4 Å². The molecule has 0 aromatic carbocycles. The molecule has 1 heterocycles. The fraction of sp³-hybridized carbons (Fsp3) is 0.667. The molecule has 7 nitrogen and oxygen atoms in total. The van der Waals surface area contributed by atoms with Gasteiger partial charge in [0.15, 0.2) is 0 Å². The Morgan fingerprint density at radius 2 is 2.00 bits per heavy atom. The van der Waals surface area contributed by atoms with Crippen molar-refractivity contribution < 1.29 is 24.6 Å². The van der Waals surface area contributed by atoms with Gasteiger partial charge in [0, 0.05) is 25.9 Å². The van der Waals surface area contributed by atoms with E-state index in [1.54, 1.807) is 0 Å². The highest BCUT2D eigenvalue weighted by Gasteiger charge is 2.41. The second-order valence-corrected chi connectivity index (χ2v) is 3.74. The summed E-state index contributed by atoms with van der Waals surface area (Å²) in [7, 11) is 0. The van der Waals surface area contributed by atoms with Crippen LogP contribution < -0.4 is 5.32 Å². The van der Waals surface area contributed by atoms with E-state index in [2.05, 4.69) is 5.32 Å². The minimum Gasteiger partial charge on any atom is -0.480 e. The molecule has 1 aliphatic rings. The maximum absolute atomic E-state index is 11.0. The van der Waals surface area contributed by atoms with Crippen LogP contribution >= 0.6 is 0 Å². The van der Waals surface area contributed by atoms with Gasteiger partial charge in [0.05, 0.1) is 0 Å². The number of carboxylic acids is 1. The average Bonchev–Trinajstić information content (AvgIpc) is 2.57. The molecule has 16 heavy (non-hydrogen) atoms. The lowest BCUT2D eigenvalue weighted by molar-refractivity contribution is -0.143. The zero-order valence-electron chi connectivity index (χ0n) is 8.84. The van der Waals surface area contributed by atoms with E-state index < -0.39 is 18.1 Å². The van der Waals surface area contributed by atoms with Crippen molar-refractivity contribution in [3.05, 3.63) is 0 Å². The molecule has 1 rings (SSSR count). The van der Waals surface area contributed by atoms with E-state index in [0.717, 1.165) is 4.90 Å². The van der Waals surface area contributed by atoms with Crippen LogP contribution in [0.5, 0.6) is 0 Å². The molecule has 0 aliphatic carbocycles. The molecule has 1 fully saturated rings. The largest absolute Gasteiger partial charge is 0.480 e. The zero-order valence-corrected chi connectivity index (χ0v) is 8.84. The Morgan fingerprint density at radius 3 is 2.44 bits per heavy atom. The molecule has 0 aromatic rings. The highest BCUT2D eigenvalue weighted by molar-refractivity contribution is 5.80. The monoisotopic (exact) mass is 230 g/mol. The van der Waals surface area contributed by atoms with Gasteiger partial charge in [0.2, 0.25) is 5.91 Å². The van der Waals surface area contributed by atoms with Crippen molar-refractivity contribution in [3.8, 4) is 0 Å². The molecule has 0 aromatic heterocycles. The van der Waals surface area contributed by atoms with Gasteiger partial charge in [0.25, 0.3) is 0 Å². The quantitative estimate of drug-likeness (QED) is 0.610. The lowest BCUT2D eigenvalue weighted by atomic mass is 10.0. The van der Waals surface area contributed by atoms with Crippen LogP contribution in [-0.2, 0) is 9.59 Å². The number of carbonyl (C=O) groups is 3. The maximum Gasteiger partial charge on any atom is 0.408 e. The standard InChI is InChI=1S/C9H14N2O5/c1-5(12)10-4-6-2-3-11(9(15)16)7(6)8(13)14/h6-7H,2-4H2,1H3,(H,10,12)(H,13,14)(H,15,16)/t6-,7-/m0/s1. The number of nitrogens with zero attached hydrogens (tertiary/aromatic N) is 1. The lowest BCUT2D eigenvalue weighted by Crippen LogP contribution is -2.45. The van der Waals surface area contributed by atoms with Gasteiger partial charge >= 0.3 is 12.1 Å². The van der Waals surface area contributed by atoms with Gasteiger partial charge in [-0.15, -0.1) is 0 Å². The van der Waals surface area contributed by atoms with Crippen LogP contribution in [0.4, 0.5) is 4.79 Å². The summed E-state index contributed by atoms with van der Waals surface area (Å²) in [6.45, 7) is 1.71. The smallest absolute Gasteiger partial charge is 0.408 e. The molecule has 2 atom stereocenters. The predicted octanol–water partition coefficient (Wildman–Crippen LogP) is -0.424. The minimum absolute atomic E-state index is 0.191. The molecule has 2 amide bonds. The molecule has 1 aliphatic heterocycles. The highest BCUT2D eigenvalue weighted by atomic mass is 16.4. The van der Waals surface area contributed by atoms with Crippen molar-refractivity contribution in [3.63, 3.8) is 0 Å². The van der Waals surface area contributed by atoms with E-state index in [1.165, 1.54) is 6.92 Å². The maximum atomic E-state index is 11.0. The van der Waals surface area contributed by atoms with Gasteiger partial charge in [-0.2, -0.15) is 0 Å². The van der Waals surface area contributed by atoms with Crippen LogP contribution in [0.25, 0.3) is 0 Å². The summed E-state index contributed by atoms with van der Waals surface area (Å²) in [5.74, 6) is -1.79. The number of aliphatic carboxylic acids is 1. The highest BCUT2D eigenvalue weighted by Crippen LogP contribution is 2.24. The van der Waals surface area contributed by atoms with Gasteiger partial charge in [-0.25, -0.2) is 9.59 Å². The fourth-order valence-electron chi connectivity index (χ4n) is 1.89. The van der Waals surface area contributed by atoms with Crippen molar-refractivity contribution >= 4 is 18.0 Å². The van der Waals surface area contributed by atoms with Gasteiger partial charge in [0.1, 0.15) is 6.04 Å². The van der Waals surface area contributed by atoms with Crippen molar-refractivity contribution in [1.29, 1.82) is 0 Å². The molecule has 0 bridgehead atoms. The van der Waals surface area contributed by atoms with Crippen molar-refractivity contribution in [2.75, 3.05) is 13.1 Å². The van der Waals surface area contributed by atoms with Crippen LogP contribution in [-0.4, -0.2) is 52.2 Å². The molecule has 1 saturated heterocycles. The third-order valence-electron chi connectivity index (χ3n) is 2.64. The van der Waals surface area contributed by atoms with E-state index in [4.69, 9.17) is 10.2 Å². The Hall–Kier alpha value is -1.79. The number of carboxylic acid groups (broad SMARTS) is 2. The van der Waals surface area contributed by atoms with Crippen molar-refractivity contribution in [1.82, 2.24) is 10.2 Å². The number of nitrogens with one attached hydrogen (secondary N) is 1. The third-order valence-corrected chi connectivity index (χ3v) is 2.64. The molecule has 0 spiro atoms. The van der Waals surface area contributed by atoms with Crippen LogP contribution in [0.15, 0.2) is 0 Å². The average molecular weight is 230 g/mol. The summed E-state index contributed by atoms with van der Waals surface area (Å²) in [6.07, 6.45) is -0.790. The lowest BCUT2D eigenvalue weighted by Gasteiger charge is -2.21. The van der Waals surface area contributed by atoms with Gasteiger partial charge in [-0.1, -0.05) is 0 Å². The van der Waals surface area contributed by atoms with E-state index in [-0.39, 0.29) is 24.9 Å². The Labute approximate surface area is 92.0 Å². The third kappa shape index (κ3) is 2.62. The first-order valence-electron chi connectivity index (χ1n) is 4.90. The summed E-state index contributed by atoms with van der Waals surface area (Å²) in [4.78, 5) is 33.3. The SMILES string of the molecule is CC(=O)NC[C@@H]1CCN(C(=O)O)[C@@H]1C(=O)O. The summed E-state index contributed by atoms with van der Waals surface area (Å²) >= 11 is 0. The van der Waals surface area contributed by atoms with Crippen molar-refractivity contribution in [2.45, 2.75) is 19.4 Å². The normalized spacial score (nSPS) is 24.2. The summed E-state index contributed by atoms with van der Waals surface area (Å²) in [5, 5.41) is 20.3. The predicted molar refractivity (Wildman–Crippen MR) is 52.9 cm³/mol. The number of likely N-dealkylation sites (tertiary alicyclic amines) is 1. The Kier molecular flexibility index (Phi) is 3.70. The summed E-state index contributed by atoms with van der Waals surface area (Å²) in [6, 6.07) is -1.07. The van der Waals surface area contributed by atoms with Gasteiger partial charge in [-0.05, 0) is 6.42 Å². The van der Waals surface area contributed by atoms with E-state index >= 15 is 0 Å². The second kappa shape index (κ2) is 4.82. The van der Waals surface area contributed by atoms with Crippen LogP contribution in [0.1, 0.15) is 13.3 Å². The molecule has 0 unspecified atom stereocenters. The molecule has 90 valence electrons. The first-order chi connectivity index (χ1) is 7.43. The van der Waals surface area contributed by atoms with Gasteiger partial charge in [-0.3, -0.25) is 9.69 Å². The van der Waals surface area contributed by atoms with Crippen LogP contribution in [0.3, 0.4) is 0 Å². The molecular formula is C9H14N2O5. The number of hydrogen-bond acceptors (Lipinski definition) is 3. The van der Waals surface area contributed by atoms with E-state index in [0.29, 0.717) is 6.42 Å². The van der Waals surface area contributed by atoms with Gasteiger partial charge < -0.3 is 15.5 Å². The fourth-order valence-corrected chi connectivity index (χ4v) is 1.89. The summed E-state index contributed by atoms with van der Waals surface area (Å²) in [5.41, 5.74) is 0. The van der Waals surface area contributed by atoms with Crippen LogP contribution in [0.2, 0.25) is 0 Å². The number of carbonyl (C=O) groups excluding carboxylic acids is 1. The molecule has 3 N–H and O–H groups in total.